The molecule has 1 aliphatic carbocycles. The maximum absolute atomic E-state index is 12.5. The summed E-state index contributed by atoms with van der Waals surface area (Å²) in [5, 5.41) is 9.54. The Morgan fingerprint density at radius 3 is 2.56 bits per heavy atom. The largest absolute Gasteiger partial charge is 0.481 e. The summed E-state index contributed by atoms with van der Waals surface area (Å²) in [4.78, 5) is 25.8. The number of carbonyl (C=O) groups is 2. The van der Waals surface area contributed by atoms with Crippen LogP contribution in [0.1, 0.15) is 44.1 Å². The highest BCUT2D eigenvalue weighted by molar-refractivity contribution is 5.80. The van der Waals surface area contributed by atoms with Crippen molar-refractivity contribution in [2.24, 2.45) is 11.8 Å². The van der Waals surface area contributed by atoms with Gasteiger partial charge < -0.3 is 14.7 Å². The number of carboxylic acid groups (broad SMARTS) is 1. The molecular formula is C20H27NO4. The van der Waals surface area contributed by atoms with Crippen LogP contribution in [0.2, 0.25) is 0 Å². The van der Waals surface area contributed by atoms with E-state index in [0.717, 1.165) is 24.8 Å². The summed E-state index contributed by atoms with van der Waals surface area (Å²) in [6.07, 6.45) is 4.71. The molecule has 1 aromatic rings. The van der Waals surface area contributed by atoms with Gasteiger partial charge in [0.2, 0.25) is 5.91 Å². The fraction of sp³-hybridized carbons (Fsp3) is 0.600. The number of ether oxygens (including phenoxy) is 1. The van der Waals surface area contributed by atoms with E-state index in [-0.39, 0.29) is 31.1 Å². The van der Waals surface area contributed by atoms with E-state index in [2.05, 4.69) is 6.92 Å². The second-order valence-corrected chi connectivity index (χ2v) is 7.37. The summed E-state index contributed by atoms with van der Waals surface area (Å²) in [5.41, 5.74) is 0.979. The maximum atomic E-state index is 12.5. The molecule has 1 N–H and O–H groups in total. The molecule has 0 radical (unpaired) electrons. The van der Waals surface area contributed by atoms with Gasteiger partial charge in [0.1, 0.15) is 6.61 Å². The zero-order valence-electron chi connectivity index (χ0n) is 14.8. The van der Waals surface area contributed by atoms with Crippen molar-refractivity contribution in [2.75, 3.05) is 19.7 Å². The summed E-state index contributed by atoms with van der Waals surface area (Å²) in [5.74, 6) is -1.16. The first-order chi connectivity index (χ1) is 12.1. The second-order valence-electron chi connectivity index (χ2n) is 7.37. The maximum Gasteiger partial charge on any atom is 0.308 e. The normalized spacial score (nSPS) is 29.6. The predicted molar refractivity (Wildman–Crippen MR) is 94.3 cm³/mol. The average molecular weight is 345 g/mol. The highest BCUT2D eigenvalue weighted by Crippen LogP contribution is 2.33. The number of aliphatic carboxylic acids is 1. The van der Waals surface area contributed by atoms with Crippen molar-refractivity contribution in [2.45, 2.75) is 44.6 Å². The average Bonchev–Trinajstić information content (AvgIpc) is 3.07. The van der Waals surface area contributed by atoms with E-state index in [1.807, 2.05) is 30.3 Å². The third-order valence-corrected chi connectivity index (χ3v) is 5.67. The van der Waals surface area contributed by atoms with Crippen LogP contribution >= 0.6 is 0 Å². The summed E-state index contributed by atoms with van der Waals surface area (Å²) in [6, 6.07) is 9.61. The lowest BCUT2D eigenvalue weighted by atomic mass is 9.88. The van der Waals surface area contributed by atoms with E-state index in [1.165, 1.54) is 6.42 Å². The van der Waals surface area contributed by atoms with Crippen LogP contribution in [-0.2, 0) is 14.3 Å². The van der Waals surface area contributed by atoms with E-state index in [9.17, 15) is 14.7 Å². The number of rotatable bonds is 5. The van der Waals surface area contributed by atoms with Crippen LogP contribution in [0.5, 0.6) is 0 Å². The molecule has 5 nitrogen and oxygen atoms in total. The molecule has 5 heteroatoms. The number of amides is 1. The monoisotopic (exact) mass is 345 g/mol. The Kier molecular flexibility index (Phi) is 5.74. The highest BCUT2D eigenvalue weighted by atomic mass is 16.5. The van der Waals surface area contributed by atoms with E-state index in [4.69, 9.17) is 4.74 Å². The first kappa shape index (κ1) is 17.9. The number of carboxylic acids is 1. The van der Waals surface area contributed by atoms with Crippen molar-refractivity contribution in [3.05, 3.63) is 35.9 Å². The van der Waals surface area contributed by atoms with Crippen LogP contribution in [0.25, 0.3) is 0 Å². The van der Waals surface area contributed by atoms with Gasteiger partial charge in [0.15, 0.2) is 0 Å². The number of likely N-dealkylation sites (tertiary alicyclic amines) is 1. The molecule has 1 amide bonds. The van der Waals surface area contributed by atoms with Crippen LogP contribution in [-0.4, -0.2) is 47.7 Å². The molecule has 2 fully saturated rings. The van der Waals surface area contributed by atoms with Crippen LogP contribution in [0.15, 0.2) is 30.3 Å². The zero-order valence-corrected chi connectivity index (χ0v) is 14.8. The van der Waals surface area contributed by atoms with Crippen molar-refractivity contribution in [1.29, 1.82) is 0 Å². The van der Waals surface area contributed by atoms with E-state index < -0.39 is 11.9 Å². The van der Waals surface area contributed by atoms with Gasteiger partial charge in [-0.1, -0.05) is 50.1 Å². The Morgan fingerprint density at radius 2 is 1.88 bits per heavy atom. The lowest BCUT2D eigenvalue weighted by Gasteiger charge is -2.29. The van der Waals surface area contributed by atoms with Crippen molar-refractivity contribution >= 4 is 11.9 Å². The molecule has 1 aliphatic heterocycles. The molecule has 1 aromatic carbocycles. The number of nitrogens with zero attached hydrogens (tertiary/aromatic N) is 1. The Hall–Kier alpha value is -1.88. The standard InChI is InChI=1S/C20H27NO4/c1-14-7-5-6-10-18(14)25-13-19(22)21-11-16(17(12-21)20(23)24)15-8-3-2-4-9-15/h2-4,8-9,14,16-18H,5-7,10-13H2,1H3,(H,23,24)/t14?,16-,17-,18?/m0/s1. The Balaban J connectivity index is 1.60. The molecule has 4 atom stereocenters. The summed E-state index contributed by atoms with van der Waals surface area (Å²) < 4.78 is 5.87. The fourth-order valence-corrected chi connectivity index (χ4v) is 4.10. The molecule has 136 valence electrons. The second kappa shape index (κ2) is 8.00. The lowest BCUT2D eigenvalue weighted by Crippen LogP contribution is -2.36. The van der Waals surface area contributed by atoms with Gasteiger partial charge in [-0.05, 0) is 24.3 Å². The topological polar surface area (TPSA) is 66.8 Å². The minimum absolute atomic E-state index is 0.0584. The molecular weight excluding hydrogens is 318 g/mol. The van der Waals surface area contributed by atoms with Crippen molar-refractivity contribution in [3.63, 3.8) is 0 Å². The molecule has 0 aromatic heterocycles. The minimum atomic E-state index is -0.842. The quantitative estimate of drug-likeness (QED) is 0.891. The molecule has 1 saturated carbocycles. The first-order valence-electron chi connectivity index (χ1n) is 9.23. The summed E-state index contributed by atoms with van der Waals surface area (Å²) in [6.45, 7) is 2.94. The van der Waals surface area contributed by atoms with Gasteiger partial charge in [0.25, 0.3) is 0 Å². The van der Waals surface area contributed by atoms with Crippen molar-refractivity contribution in [1.82, 2.24) is 4.90 Å². The molecule has 1 heterocycles. The summed E-state index contributed by atoms with van der Waals surface area (Å²) in [7, 11) is 0. The van der Waals surface area contributed by atoms with E-state index in [1.54, 1.807) is 4.90 Å². The lowest BCUT2D eigenvalue weighted by molar-refractivity contribution is -0.142. The molecule has 2 unspecified atom stereocenters. The number of hydrogen-bond donors (Lipinski definition) is 1. The number of benzene rings is 1. The summed E-state index contributed by atoms with van der Waals surface area (Å²) >= 11 is 0. The molecule has 3 rings (SSSR count). The molecule has 2 aliphatic rings. The first-order valence-corrected chi connectivity index (χ1v) is 9.23. The van der Waals surface area contributed by atoms with Crippen LogP contribution in [0.4, 0.5) is 0 Å². The molecule has 1 saturated heterocycles. The van der Waals surface area contributed by atoms with E-state index >= 15 is 0 Å². The van der Waals surface area contributed by atoms with Gasteiger partial charge in [0.05, 0.1) is 12.0 Å². The van der Waals surface area contributed by atoms with Gasteiger partial charge in [-0.15, -0.1) is 0 Å². The predicted octanol–water partition coefficient (Wildman–Crippen LogP) is 2.91. The third kappa shape index (κ3) is 4.21. The van der Waals surface area contributed by atoms with Crippen molar-refractivity contribution in [3.8, 4) is 0 Å². The van der Waals surface area contributed by atoms with Crippen LogP contribution in [0, 0.1) is 11.8 Å². The van der Waals surface area contributed by atoms with Crippen LogP contribution < -0.4 is 0 Å². The fourth-order valence-electron chi connectivity index (χ4n) is 4.10. The molecule has 0 bridgehead atoms. The van der Waals surface area contributed by atoms with Crippen LogP contribution in [0.3, 0.4) is 0 Å². The third-order valence-electron chi connectivity index (χ3n) is 5.67. The zero-order chi connectivity index (χ0) is 17.8. The SMILES string of the molecule is CC1CCCCC1OCC(=O)N1C[C@H](C(=O)O)[C@H](c2ccccc2)C1. The highest BCUT2D eigenvalue weighted by Gasteiger charge is 2.40. The minimum Gasteiger partial charge on any atom is -0.481 e. The van der Waals surface area contributed by atoms with Gasteiger partial charge >= 0.3 is 5.97 Å². The molecule has 25 heavy (non-hydrogen) atoms. The van der Waals surface area contributed by atoms with Crippen molar-refractivity contribution < 1.29 is 19.4 Å². The number of hydrogen-bond acceptors (Lipinski definition) is 3. The Labute approximate surface area is 149 Å². The van der Waals surface area contributed by atoms with E-state index in [0.29, 0.717) is 12.5 Å². The van der Waals surface area contributed by atoms with Gasteiger partial charge in [-0.2, -0.15) is 0 Å². The Bertz CT molecular complexity index is 603. The van der Waals surface area contributed by atoms with Gasteiger partial charge in [-0.25, -0.2) is 0 Å². The smallest absolute Gasteiger partial charge is 0.308 e. The molecule has 0 spiro atoms. The van der Waals surface area contributed by atoms with Gasteiger partial charge in [0, 0.05) is 19.0 Å². The Morgan fingerprint density at radius 1 is 1.16 bits per heavy atom. The number of carbonyl (C=O) groups excluding carboxylic acids is 1. The van der Waals surface area contributed by atoms with Gasteiger partial charge in [-0.3, -0.25) is 9.59 Å².